The minimum absolute atomic E-state index is 0.0744. The average molecular weight is 285 g/mol. The van der Waals surface area contributed by atoms with Gasteiger partial charge in [0.1, 0.15) is 0 Å². The van der Waals surface area contributed by atoms with Gasteiger partial charge >= 0.3 is 0 Å². The summed E-state index contributed by atoms with van der Waals surface area (Å²) in [5.41, 5.74) is 2.35. The summed E-state index contributed by atoms with van der Waals surface area (Å²) in [6.07, 6.45) is 0.288. The number of hydrogen-bond acceptors (Lipinski definition) is 2. The summed E-state index contributed by atoms with van der Waals surface area (Å²) >= 11 is 6.02. The molecule has 20 heavy (non-hydrogen) atoms. The van der Waals surface area contributed by atoms with Crippen molar-refractivity contribution in [3.05, 3.63) is 70.2 Å². The number of carbonyl (C=O) groups is 1. The van der Waals surface area contributed by atoms with Crippen molar-refractivity contribution in [2.45, 2.75) is 13.0 Å². The van der Waals surface area contributed by atoms with Crippen molar-refractivity contribution < 1.29 is 4.79 Å². The van der Waals surface area contributed by atoms with Crippen LogP contribution in [0.5, 0.6) is 0 Å². The second-order valence-corrected chi connectivity index (χ2v) is 4.76. The zero-order chi connectivity index (χ0) is 14.4. The zero-order valence-corrected chi connectivity index (χ0v) is 11.5. The predicted octanol–water partition coefficient (Wildman–Crippen LogP) is 3.07. The first-order chi connectivity index (χ1) is 9.69. The van der Waals surface area contributed by atoms with Crippen molar-refractivity contribution in [1.29, 1.82) is 5.26 Å². The average Bonchev–Trinajstić information content (AvgIpc) is 2.47. The Morgan fingerprint density at radius 2 is 1.85 bits per heavy atom. The summed E-state index contributed by atoms with van der Waals surface area (Å²) in [7, 11) is 0. The molecule has 0 aromatic heterocycles. The Bertz CT molecular complexity index is 644. The second kappa shape index (κ2) is 6.74. The molecule has 2 rings (SSSR count). The van der Waals surface area contributed by atoms with Crippen LogP contribution in [0.25, 0.3) is 0 Å². The van der Waals surface area contributed by atoms with Crippen molar-refractivity contribution in [1.82, 2.24) is 5.32 Å². The highest BCUT2D eigenvalue weighted by Crippen LogP contribution is 2.14. The molecule has 1 amide bonds. The molecule has 2 aromatic rings. The third-order valence-electron chi connectivity index (χ3n) is 2.88. The maximum absolute atomic E-state index is 11.8. The highest BCUT2D eigenvalue weighted by atomic mass is 35.5. The highest BCUT2D eigenvalue weighted by molar-refractivity contribution is 6.31. The van der Waals surface area contributed by atoms with E-state index in [0.717, 1.165) is 11.1 Å². The van der Waals surface area contributed by atoms with E-state index in [4.69, 9.17) is 16.9 Å². The molecule has 100 valence electrons. The van der Waals surface area contributed by atoms with Crippen LogP contribution >= 0.6 is 11.6 Å². The fourth-order valence-electron chi connectivity index (χ4n) is 1.78. The van der Waals surface area contributed by atoms with Gasteiger partial charge in [-0.2, -0.15) is 5.26 Å². The summed E-state index contributed by atoms with van der Waals surface area (Å²) < 4.78 is 0. The number of nitrogens with one attached hydrogen (secondary N) is 1. The maximum atomic E-state index is 11.8. The van der Waals surface area contributed by atoms with Gasteiger partial charge in [-0.3, -0.25) is 4.79 Å². The normalized spacial score (nSPS) is 9.80. The SMILES string of the molecule is N#Cc1ccc(CC(=O)NCc2ccccc2Cl)cc1. The van der Waals surface area contributed by atoms with Gasteiger partial charge in [0, 0.05) is 11.6 Å². The van der Waals surface area contributed by atoms with Crippen LogP contribution in [0.3, 0.4) is 0 Å². The Morgan fingerprint density at radius 1 is 1.15 bits per heavy atom. The molecule has 0 bridgehead atoms. The third-order valence-corrected chi connectivity index (χ3v) is 3.25. The van der Waals surface area contributed by atoms with Crippen LogP contribution in [0, 0.1) is 11.3 Å². The standard InChI is InChI=1S/C16H13ClN2O/c17-15-4-2-1-3-14(15)11-19-16(20)9-12-5-7-13(10-18)8-6-12/h1-8H,9,11H2,(H,19,20). The summed E-state index contributed by atoms with van der Waals surface area (Å²) in [6.45, 7) is 0.411. The van der Waals surface area contributed by atoms with Crippen LogP contribution in [-0.4, -0.2) is 5.91 Å². The molecule has 0 radical (unpaired) electrons. The Kier molecular flexibility index (Phi) is 4.75. The van der Waals surface area contributed by atoms with E-state index in [1.54, 1.807) is 30.3 Å². The molecule has 0 spiro atoms. The molecular weight excluding hydrogens is 272 g/mol. The van der Waals surface area contributed by atoms with Gasteiger partial charge in [0.05, 0.1) is 18.1 Å². The predicted molar refractivity (Wildman–Crippen MR) is 78.2 cm³/mol. The first kappa shape index (κ1) is 14.1. The van der Waals surface area contributed by atoms with E-state index in [1.807, 2.05) is 24.3 Å². The summed E-state index contributed by atoms with van der Waals surface area (Å²) in [5.74, 6) is -0.0744. The van der Waals surface area contributed by atoms with Gasteiger partial charge in [0.2, 0.25) is 5.91 Å². The van der Waals surface area contributed by atoms with Gasteiger partial charge in [-0.1, -0.05) is 41.9 Å². The molecule has 0 aliphatic heterocycles. The van der Waals surface area contributed by atoms with Crippen molar-refractivity contribution in [3.8, 4) is 6.07 Å². The van der Waals surface area contributed by atoms with E-state index < -0.39 is 0 Å². The van der Waals surface area contributed by atoms with E-state index in [9.17, 15) is 4.79 Å². The van der Waals surface area contributed by atoms with Crippen molar-refractivity contribution in [3.63, 3.8) is 0 Å². The van der Waals surface area contributed by atoms with Crippen LogP contribution in [0.4, 0.5) is 0 Å². The first-order valence-corrected chi connectivity index (χ1v) is 6.56. The molecule has 0 aliphatic rings. The number of nitrogens with zero attached hydrogens (tertiary/aromatic N) is 1. The summed E-state index contributed by atoms with van der Waals surface area (Å²) in [5, 5.41) is 12.2. The van der Waals surface area contributed by atoms with Gasteiger partial charge in [-0.25, -0.2) is 0 Å². The van der Waals surface area contributed by atoms with E-state index >= 15 is 0 Å². The van der Waals surface area contributed by atoms with Gasteiger partial charge in [-0.05, 0) is 29.3 Å². The molecule has 1 N–H and O–H groups in total. The molecule has 0 aliphatic carbocycles. The number of hydrogen-bond donors (Lipinski definition) is 1. The molecule has 2 aromatic carbocycles. The van der Waals surface area contributed by atoms with Crippen LogP contribution in [0.15, 0.2) is 48.5 Å². The number of carbonyl (C=O) groups excluding carboxylic acids is 1. The molecule has 0 unspecified atom stereocenters. The Balaban J connectivity index is 1.89. The number of nitriles is 1. The smallest absolute Gasteiger partial charge is 0.224 e. The van der Waals surface area contributed by atoms with Crippen LogP contribution in [0.2, 0.25) is 5.02 Å². The second-order valence-electron chi connectivity index (χ2n) is 4.35. The molecule has 0 saturated heterocycles. The molecule has 0 atom stereocenters. The quantitative estimate of drug-likeness (QED) is 0.938. The number of amides is 1. The molecule has 0 heterocycles. The molecule has 0 fully saturated rings. The largest absolute Gasteiger partial charge is 0.352 e. The molecule has 3 nitrogen and oxygen atoms in total. The van der Waals surface area contributed by atoms with Gasteiger partial charge < -0.3 is 5.32 Å². The van der Waals surface area contributed by atoms with Crippen molar-refractivity contribution >= 4 is 17.5 Å². The van der Waals surface area contributed by atoms with Crippen molar-refractivity contribution in [2.24, 2.45) is 0 Å². The lowest BCUT2D eigenvalue weighted by Crippen LogP contribution is -2.24. The van der Waals surface area contributed by atoms with E-state index in [1.165, 1.54) is 0 Å². The number of rotatable bonds is 4. The fraction of sp³-hybridized carbons (Fsp3) is 0.125. The van der Waals surface area contributed by atoms with Gasteiger partial charge in [-0.15, -0.1) is 0 Å². The molecule has 4 heteroatoms. The van der Waals surface area contributed by atoms with E-state index in [-0.39, 0.29) is 12.3 Å². The monoisotopic (exact) mass is 284 g/mol. The lowest BCUT2D eigenvalue weighted by Gasteiger charge is -2.07. The van der Waals surface area contributed by atoms with Gasteiger partial charge in [0.15, 0.2) is 0 Å². The lowest BCUT2D eigenvalue weighted by atomic mass is 10.1. The maximum Gasteiger partial charge on any atom is 0.224 e. The van der Waals surface area contributed by atoms with Crippen LogP contribution in [-0.2, 0) is 17.8 Å². The Labute approximate surface area is 122 Å². The minimum Gasteiger partial charge on any atom is -0.352 e. The number of halogens is 1. The van der Waals surface area contributed by atoms with E-state index in [0.29, 0.717) is 17.1 Å². The van der Waals surface area contributed by atoms with Gasteiger partial charge in [0.25, 0.3) is 0 Å². The summed E-state index contributed by atoms with van der Waals surface area (Å²) in [6, 6.07) is 16.4. The Morgan fingerprint density at radius 3 is 2.50 bits per heavy atom. The van der Waals surface area contributed by atoms with Crippen LogP contribution < -0.4 is 5.32 Å². The lowest BCUT2D eigenvalue weighted by molar-refractivity contribution is -0.120. The fourth-order valence-corrected chi connectivity index (χ4v) is 1.98. The van der Waals surface area contributed by atoms with Crippen LogP contribution in [0.1, 0.15) is 16.7 Å². The number of benzene rings is 2. The van der Waals surface area contributed by atoms with E-state index in [2.05, 4.69) is 5.32 Å². The topological polar surface area (TPSA) is 52.9 Å². The minimum atomic E-state index is -0.0744. The molecule has 0 saturated carbocycles. The summed E-state index contributed by atoms with van der Waals surface area (Å²) in [4.78, 5) is 11.8. The molecular formula is C16H13ClN2O. The third kappa shape index (κ3) is 3.84. The highest BCUT2D eigenvalue weighted by Gasteiger charge is 2.05. The first-order valence-electron chi connectivity index (χ1n) is 6.18. The van der Waals surface area contributed by atoms with Crippen molar-refractivity contribution in [2.75, 3.05) is 0 Å². The Hall–Kier alpha value is -2.31. The zero-order valence-electron chi connectivity index (χ0n) is 10.8.